The number of hydrogen-bond donors (Lipinski definition) is 3. The van der Waals surface area contributed by atoms with E-state index in [1.54, 1.807) is 0 Å². The van der Waals surface area contributed by atoms with Crippen molar-refractivity contribution in [3.8, 4) is 0 Å². The number of pyridine rings is 1. The zero-order chi connectivity index (χ0) is 13.8. The predicted octanol–water partition coefficient (Wildman–Crippen LogP) is 2.40. The first-order chi connectivity index (χ1) is 9.04. The second kappa shape index (κ2) is 6.21. The number of anilines is 1. The summed E-state index contributed by atoms with van der Waals surface area (Å²) >= 11 is 5.78. The fraction of sp³-hybridized carbons (Fsp3) is 0.538. The van der Waals surface area contributed by atoms with Gasteiger partial charge >= 0.3 is 5.97 Å². The zero-order valence-corrected chi connectivity index (χ0v) is 11.2. The molecule has 104 valence electrons. The van der Waals surface area contributed by atoms with Crippen LogP contribution in [0.25, 0.3) is 0 Å². The lowest BCUT2D eigenvalue weighted by molar-refractivity contribution is 0.0696. The van der Waals surface area contributed by atoms with Gasteiger partial charge in [0.05, 0.1) is 11.7 Å². The smallest absolute Gasteiger partial charge is 0.335 e. The minimum atomic E-state index is -1.03. The largest absolute Gasteiger partial charge is 0.478 e. The second-order valence-corrected chi connectivity index (χ2v) is 5.32. The highest BCUT2D eigenvalue weighted by molar-refractivity contribution is 6.29. The molecule has 3 N–H and O–H groups in total. The fourth-order valence-electron chi connectivity index (χ4n) is 2.41. The Morgan fingerprint density at radius 1 is 1.47 bits per heavy atom. The number of aromatic nitrogens is 1. The van der Waals surface area contributed by atoms with Crippen molar-refractivity contribution in [1.82, 2.24) is 4.98 Å². The Labute approximate surface area is 116 Å². The molecular weight excluding hydrogens is 268 g/mol. The van der Waals surface area contributed by atoms with Crippen LogP contribution in [-0.4, -0.2) is 33.8 Å². The third kappa shape index (κ3) is 4.08. The number of rotatable bonds is 4. The van der Waals surface area contributed by atoms with Crippen molar-refractivity contribution in [3.05, 3.63) is 22.8 Å². The molecule has 1 fully saturated rings. The Kier molecular flexibility index (Phi) is 4.61. The molecule has 0 radical (unpaired) electrons. The molecule has 0 aromatic carbocycles. The van der Waals surface area contributed by atoms with E-state index in [0.29, 0.717) is 18.3 Å². The van der Waals surface area contributed by atoms with E-state index in [1.165, 1.54) is 12.1 Å². The number of aliphatic hydroxyl groups is 1. The van der Waals surface area contributed by atoms with E-state index in [-0.39, 0.29) is 16.8 Å². The van der Waals surface area contributed by atoms with Crippen molar-refractivity contribution < 1.29 is 15.0 Å². The molecule has 5 nitrogen and oxygen atoms in total. The Morgan fingerprint density at radius 3 is 2.95 bits per heavy atom. The molecule has 0 spiro atoms. The maximum absolute atomic E-state index is 10.9. The molecule has 1 saturated carbocycles. The van der Waals surface area contributed by atoms with E-state index in [9.17, 15) is 9.90 Å². The lowest BCUT2D eigenvalue weighted by Crippen LogP contribution is -2.25. The van der Waals surface area contributed by atoms with Crippen LogP contribution in [0.2, 0.25) is 5.15 Å². The number of halogens is 1. The molecule has 1 aliphatic rings. The molecule has 1 aromatic rings. The van der Waals surface area contributed by atoms with Crippen molar-refractivity contribution in [2.75, 3.05) is 11.9 Å². The number of nitrogens with one attached hydrogen (secondary N) is 1. The van der Waals surface area contributed by atoms with Gasteiger partial charge in [0.15, 0.2) is 0 Å². The summed E-state index contributed by atoms with van der Waals surface area (Å²) in [5, 5.41) is 21.8. The molecule has 1 aliphatic carbocycles. The summed E-state index contributed by atoms with van der Waals surface area (Å²) in [6, 6.07) is 2.78. The summed E-state index contributed by atoms with van der Waals surface area (Å²) in [5.74, 6) is -0.178. The minimum absolute atomic E-state index is 0.117. The molecule has 2 unspecified atom stereocenters. The van der Waals surface area contributed by atoms with Gasteiger partial charge in [0, 0.05) is 6.54 Å². The molecular formula is C13H17ClN2O3. The number of nitrogens with zero attached hydrogens (tertiary/aromatic N) is 1. The molecule has 0 bridgehead atoms. The van der Waals surface area contributed by atoms with E-state index >= 15 is 0 Å². The number of hydrogen-bond acceptors (Lipinski definition) is 4. The first-order valence-corrected chi connectivity index (χ1v) is 6.75. The van der Waals surface area contributed by atoms with Gasteiger partial charge in [-0.3, -0.25) is 0 Å². The third-order valence-electron chi connectivity index (χ3n) is 3.37. The number of carboxylic acids is 1. The Morgan fingerprint density at radius 2 is 2.26 bits per heavy atom. The first-order valence-electron chi connectivity index (χ1n) is 6.37. The van der Waals surface area contributed by atoms with E-state index in [2.05, 4.69) is 10.3 Å². The van der Waals surface area contributed by atoms with E-state index < -0.39 is 5.97 Å². The molecule has 0 aliphatic heterocycles. The number of aliphatic hydroxyl groups excluding tert-OH is 1. The van der Waals surface area contributed by atoms with Gasteiger partial charge in [0.25, 0.3) is 0 Å². The van der Waals surface area contributed by atoms with E-state index in [4.69, 9.17) is 16.7 Å². The molecule has 2 rings (SSSR count). The first kappa shape index (κ1) is 14.1. The molecule has 0 amide bonds. The lowest BCUT2D eigenvalue weighted by atomic mass is 9.87. The zero-order valence-electron chi connectivity index (χ0n) is 10.5. The molecule has 1 heterocycles. The van der Waals surface area contributed by atoms with Crippen LogP contribution in [-0.2, 0) is 0 Å². The normalized spacial score (nSPS) is 23.1. The van der Waals surface area contributed by atoms with Gasteiger partial charge < -0.3 is 15.5 Å². The van der Waals surface area contributed by atoms with Crippen molar-refractivity contribution in [2.45, 2.75) is 31.8 Å². The van der Waals surface area contributed by atoms with Gasteiger partial charge in [-0.15, -0.1) is 0 Å². The van der Waals surface area contributed by atoms with Crippen molar-refractivity contribution in [2.24, 2.45) is 5.92 Å². The van der Waals surface area contributed by atoms with Crippen molar-refractivity contribution in [1.29, 1.82) is 0 Å². The summed E-state index contributed by atoms with van der Waals surface area (Å²) in [4.78, 5) is 15.0. The monoisotopic (exact) mass is 284 g/mol. The Hall–Kier alpha value is -1.33. The number of carbonyl (C=O) groups is 1. The maximum Gasteiger partial charge on any atom is 0.335 e. The standard InChI is InChI=1S/C13H17ClN2O3/c14-11-5-9(13(18)19)6-12(16-11)15-7-8-2-1-3-10(17)4-8/h5-6,8,10,17H,1-4,7H2,(H,15,16)(H,18,19). The molecule has 19 heavy (non-hydrogen) atoms. The molecule has 6 heteroatoms. The topological polar surface area (TPSA) is 82.5 Å². The summed E-state index contributed by atoms with van der Waals surface area (Å²) in [5.41, 5.74) is 0.117. The summed E-state index contributed by atoms with van der Waals surface area (Å²) < 4.78 is 0. The van der Waals surface area contributed by atoms with Crippen LogP contribution >= 0.6 is 11.6 Å². The van der Waals surface area contributed by atoms with Gasteiger partial charge in [0.2, 0.25) is 0 Å². The van der Waals surface area contributed by atoms with Gasteiger partial charge in [0.1, 0.15) is 11.0 Å². The van der Waals surface area contributed by atoms with E-state index in [1.807, 2.05) is 0 Å². The average molecular weight is 285 g/mol. The Balaban J connectivity index is 1.97. The summed E-state index contributed by atoms with van der Waals surface area (Å²) in [6.07, 6.45) is 3.52. The molecule has 0 saturated heterocycles. The summed E-state index contributed by atoms with van der Waals surface area (Å²) in [7, 11) is 0. The Bertz CT molecular complexity index is 467. The van der Waals surface area contributed by atoms with Crippen molar-refractivity contribution in [3.63, 3.8) is 0 Å². The van der Waals surface area contributed by atoms with Crippen LogP contribution < -0.4 is 5.32 Å². The number of carboxylic acid groups (broad SMARTS) is 1. The van der Waals surface area contributed by atoms with Gasteiger partial charge in [-0.2, -0.15) is 0 Å². The SMILES string of the molecule is O=C(O)c1cc(Cl)nc(NCC2CCCC(O)C2)c1. The van der Waals surface area contributed by atoms with E-state index in [0.717, 1.165) is 25.7 Å². The second-order valence-electron chi connectivity index (χ2n) is 4.94. The van der Waals surface area contributed by atoms with Crippen LogP contribution in [0.3, 0.4) is 0 Å². The average Bonchev–Trinajstić information content (AvgIpc) is 2.36. The lowest BCUT2D eigenvalue weighted by Gasteiger charge is -2.26. The summed E-state index contributed by atoms with van der Waals surface area (Å²) in [6.45, 7) is 0.670. The fourth-order valence-corrected chi connectivity index (χ4v) is 2.62. The van der Waals surface area contributed by atoms with Crippen molar-refractivity contribution >= 4 is 23.4 Å². The van der Waals surface area contributed by atoms with Gasteiger partial charge in [-0.1, -0.05) is 18.0 Å². The minimum Gasteiger partial charge on any atom is -0.478 e. The third-order valence-corrected chi connectivity index (χ3v) is 3.56. The predicted molar refractivity (Wildman–Crippen MR) is 72.7 cm³/mol. The molecule has 2 atom stereocenters. The number of aromatic carboxylic acids is 1. The molecule has 1 aromatic heterocycles. The van der Waals surface area contributed by atoms with Gasteiger partial charge in [-0.25, -0.2) is 9.78 Å². The van der Waals surface area contributed by atoms with Crippen LogP contribution in [0.15, 0.2) is 12.1 Å². The quantitative estimate of drug-likeness (QED) is 0.740. The highest BCUT2D eigenvalue weighted by Crippen LogP contribution is 2.24. The van der Waals surface area contributed by atoms with Gasteiger partial charge in [-0.05, 0) is 37.3 Å². The van der Waals surface area contributed by atoms with Crippen LogP contribution in [0.5, 0.6) is 0 Å². The van der Waals surface area contributed by atoms with Crippen LogP contribution in [0, 0.1) is 5.92 Å². The highest BCUT2D eigenvalue weighted by Gasteiger charge is 2.20. The van der Waals surface area contributed by atoms with Crippen LogP contribution in [0.4, 0.5) is 5.82 Å². The van der Waals surface area contributed by atoms with Crippen LogP contribution in [0.1, 0.15) is 36.0 Å². The maximum atomic E-state index is 10.9. The highest BCUT2D eigenvalue weighted by atomic mass is 35.5.